The molecule has 1 N–H and O–H groups in total. The molecular formula is C23H22N4O3S2. The monoisotopic (exact) mass is 466 g/mol. The summed E-state index contributed by atoms with van der Waals surface area (Å²) in [6.45, 7) is 2.78. The fourth-order valence-electron chi connectivity index (χ4n) is 3.96. The van der Waals surface area contributed by atoms with Gasteiger partial charge in [-0.15, -0.1) is 11.3 Å². The Labute approximate surface area is 190 Å². The van der Waals surface area contributed by atoms with E-state index in [9.17, 15) is 8.42 Å². The third-order valence-electron chi connectivity index (χ3n) is 5.58. The summed E-state index contributed by atoms with van der Waals surface area (Å²) in [7, 11) is -2.04. The smallest absolute Gasteiger partial charge is 0.243 e. The Morgan fingerprint density at radius 2 is 1.94 bits per heavy atom. The normalized spacial score (nSPS) is 14.3. The molecule has 2 aromatic carbocycles. The van der Waals surface area contributed by atoms with Gasteiger partial charge in [0.15, 0.2) is 0 Å². The predicted molar refractivity (Wildman–Crippen MR) is 126 cm³/mol. The van der Waals surface area contributed by atoms with Gasteiger partial charge >= 0.3 is 0 Å². The maximum Gasteiger partial charge on any atom is 0.243 e. The predicted octanol–water partition coefficient (Wildman–Crippen LogP) is 4.50. The van der Waals surface area contributed by atoms with Crippen molar-refractivity contribution in [2.24, 2.45) is 0 Å². The van der Waals surface area contributed by atoms with Gasteiger partial charge in [-0.05, 0) is 60.9 Å². The third-order valence-corrected chi connectivity index (χ3v) is 8.56. The molecule has 1 aliphatic rings. The second-order valence-corrected chi connectivity index (χ2v) is 10.7. The molecule has 0 unspecified atom stereocenters. The minimum absolute atomic E-state index is 0.268. The van der Waals surface area contributed by atoms with E-state index in [1.165, 1.54) is 15.6 Å². The van der Waals surface area contributed by atoms with Gasteiger partial charge in [-0.25, -0.2) is 18.4 Å². The van der Waals surface area contributed by atoms with Gasteiger partial charge in [-0.1, -0.05) is 12.1 Å². The SMILES string of the molecule is COc1ccc(S(=O)(=O)N2CCc3c(sc4ncnc(Nc5cccc(C)c5)c34)C2)cc1. The number of fused-ring (bicyclic) bond motifs is 3. The number of aromatic nitrogens is 2. The number of benzene rings is 2. The molecule has 9 heteroatoms. The minimum atomic E-state index is -3.60. The van der Waals surface area contributed by atoms with Crippen molar-refractivity contribution in [3.05, 3.63) is 70.9 Å². The van der Waals surface area contributed by atoms with Crippen molar-refractivity contribution in [2.45, 2.75) is 24.8 Å². The summed E-state index contributed by atoms with van der Waals surface area (Å²) in [5.74, 6) is 1.38. The Kier molecular flexibility index (Phi) is 5.32. The van der Waals surface area contributed by atoms with Crippen LogP contribution in [-0.4, -0.2) is 36.3 Å². The van der Waals surface area contributed by atoms with Gasteiger partial charge in [0.05, 0.1) is 17.4 Å². The van der Waals surface area contributed by atoms with E-state index in [1.807, 2.05) is 25.1 Å². The van der Waals surface area contributed by atoms with Crippen LogP contribution in [0.5, 0.6) is 5.75 Å². The van der Waals surface area contributed by atoms with Gasteiger partial charge in [0.25, 0.3) is 0 Å². The number of nitrogens with one attached hydrogen (secondary N) is 1. The van der Waals surface area contributed by atoms with Gasteiger partial charge < -0.3 is 10.1 Å². The fourth-order valence-corrected chi connectivity index (χ4v) is 6.65. The van der Waals surface area contributed by atoms with E-state index >= 15 is 0 Å². The molecule has 0 aliphatic carbocycles. The molecule has 0 saturated carbocycles. The number of nitrogens with zero attached hydrogens (tertiary/aromatic N) is 3. The maximum atomic E-state index is 13.2. The lowest BCUT2D eigenvalue weighted by Gasteiger charge is -2.26. The Morgan fingerprint density at radius 1 is 1.12 bits per heavy atom. The van der Waals surface area contributed by atoms with Crippen LogP contribution in [0.1, 0.15) is 16.0 Å². The number of ether oxygens (including phenoxy) is 1. The molecule has 7 nitrogen and oxygen atoms in total. The van der Waals surface area contributed by atoms with Gasteiger partial charge in [0.1, 0.15) is 22.7 Å². The number of thiophene rings is 1. The van der Waals surface area contributed by atoms with E-state index in [1.54, 1.807) is 37.7 Å². The van der Waals surface area contributed by atoms with E-state index in [-0.39, 0.29) is 4.90 Å². The first-order chi connectivity index (χ1) is 15.5. The zero-order valence-corrected chi connectivity index (χ0v) is 19.3. The van der Waals surface area contributed by atoms with Crippen LogP contribution in [0.4, 0.5) is 11.5 Å². The molecule has 0 amide bonds. The molecule has 2 aromatic heterocycles. The summed E-state index contributed by atoms with van der Waals surface area (Å²) < 4.78 is 33.1. The van der Waals surface area contributed by atoms with Gasteiger partial charge in [0.2, 0.25) is 10.0 Å². The summed E-state index contributed by atoms with van der Waals surface area (Å²) in [4.78, 5) is 11.1. The van der Waals surface area contributed by atoms with Crippen molar-refractivity contribution in [3.63, 3.8) is 0 Å². The largest absolute Gasteiger partial charge is 0.497 e. The molecular weight excluding hydrogens is 444 g/mol. The topological polar surface area (TPSA) is 84.4 Å². The Bertz CT molecular complexity index is 1400. The van der Waals surface area contributed by atoms with Crippen LogP contribution in [0.2, 0.25) is 0 Å². The summed E-state index contributed by atoms with van der Waals surface area (Å²) in [5.41, 5.74) is 3.25. The van der Waals surface area contributed by atoms with Gasteiger partial charge in [-0.2, -0.15) is 4.31 Å². The number of aryl methyl sites for hydroxylation is 1. The standard InChI is InChI=1S/C23H22N4O3S2/c1-15-4-3-5-16(12-15)26-22-21-19-10-11-27(13-20(19)31-23(21)25-14-24-22)32(28,29)18-8-6-17(30-2)7-9-18/h3-9,12,14H,10-11,13H2,1-2H3,(H,24,25,26). The zero-order chi connectivity index (χ0) is 22.3. The maximum absolute atomic E-state index is 13.2. The molecule has 1 aliphatic heterocycles. The van der Waals surface area contributed by atoms with Crippen LogP contribution in [-0.2, 0) is 23.0 Å². The lowest BCUT2D eigenvalue weighted by Crippen LogP contribution is -2.35. The van der Waals surface area contributed by atoms with Crippen LogP contribution >= 0.6 is 11.3 Å². The van der Waals surface area contributed by atoms with Crippen LogP contribution in [0.15, 0.2) is 59.8 Å². The number of hydrogen-bond acceptors (Lipinski definition) is 7. The Morgan fingerprint density at radius 3 is 2.69 bits per heavy atom. The molecule has 0 bridgehead atoms. The van der Waals surface area contributed by atoms with Crippen molar-refractivity contribution in [2.75, 3.05) is 19.0 Å². The fraction of sp³-hybridized carbons (Fsp3) is 0.217. The van der Waals surface area contributed by atoms with Crippen LogP contribution in [0.25, 0.3) is 10.2 Å². The summed E-state index contributed by atoms with van der Waals surface area (Å²) in [6, 6.07) is 14.6. The van der Waals surface area contributed by atoms with E-state index < -0.39 is 10.0 Å². The number of rotatable bonds is 5. The first kappa shape index (κ1) is 20.9. The Hall–Kier alpha value is -3.01. The van der Waals surface area contributed by atoms with Crippen molar-refractivity contribution >= 4 is 43.1 Å². The minimum Gasteiger partial charge on any atom is -0.497 e. The number of hydrogen-bond donors (Lipinski definition) is 1. The highest BCUT2D eigenvalue weighted by Gasteiger charge is 2.31. The molecule has 0 radical (unpaired) electrons. The zero-order valence-electron chi connectivity index (χ0n) is 17.7. The third kappa shape index (κ3) is 3.72. The molecule has 0 fully saturated rings. The average molecular weight is 467 g/mol. The van der Waals surface area contributed by atoms with Crippen molar-refractivity contribution in [1.82, 2.24) is 14.3 Å². The quantitative estimate of drug-likeness (QED) is 0.466. The van der Waals surface area contributed by atoms with Crippen molar-refractivity contribution in [3.8, 4) is 5.75 Å². The van der Waals surface area contributed by atoms with E-state index in [0.29, 0.717) is 25.3 Å². The highest BCUT2D eigenvalue weighted by atomic mass is 32.2. The second kappa shape index (κ2) is 8.16. The molecule has 3 heterocycles. The summed E-state index contributed by atoms with van der Waals surface area (Å²) in [6.07, 6.45) is 2.16. The van der Waals surface area contributed by atoms with Crippen molar-refractivity contribution in [1.29, 1.82) is 0 Å². The highest BCUT2D eigenvalue weighted by molar-refractivity contribution is 7.89. The van der Waals surface area contributed by atoms with E-state index in [2.05, 4.69) is 21.4 Å². The molecule has 32 heavy (non-hydrogen) atoms. The molecule has 0 saturated heterocycles. The van der Waals surface area contributed by atoms with E-state index in [0.717, 1.165) is 37.7 Å². The molecule has 164 valence electrons. The van der Waals surface area contributed by atoms with Crippen LogP contribution < -0.4 is 10.1 Å². The van der Waals surface area contributed by atoms with Crippen LogP contribution in [0.3, 0.4) is 0 Å². The summed E-state index contributed by atoms with van der Waals surface area (Å²) in [5, 5.41) is 4.40. The number of anilines is 2. The van der Waals surface area contributed by atoms with Gasteiger partial charge in [-0.3, -0.25) is 0 Å². The summed E-state index contributed by atoms with van der Waals surface area (Å²) >= 11 is 1.53. The number of methoxy groups -OCH3 is 1. The molecule has 0 atom stereocenters. The second-order valence-electron chi connectivity index (χ2n) is 7.66. The average Bonchev–Trinajstić information content (AvgIpc) is 3.18. The Balaban J connectivity index is 1.47. The first-order valence-corrected chi connectivity index (χ1v) is 12.4. The highest BCUT2D eigenvalue weighted by Crippen LogP contribution is 2.39. The molecule has 4 aromatic rings. The van der Waals surface area contributed by atoms with E-state index in [4.69, 9.17) is 4.74 Å². The molecule has 0 spiro atoms. The van der Waals surface area contributed by atoms with Crippen LogP contribution in [0, 0.1) is 6.92 Å². The lowest BCUT2D eigenvalue weighted by atomic mass is 10.1. The first-order valence-electron chi connectivity index (χ1n) is 10.2. The number of sulfonamides is 1. The molecule has 5 rings (SSSR count). The van der Waals surface area contributed by atoms with Gasteiger partial charge in [0, 0.05) is 23.7 Å². The van der Waals surface area contributed by atoms with Crippen molar-refractivity contribution < 1.29 is 13.2 Å². The lowest BCUT2D eigenvalue weighted by molar-refractivity contribution is 0.396.